The van der Waals surface area contributed by atoms with Crippen LogP contribution in [0.3, 0.4) is 0 Å². The summed E-state index contributed by atoms with van der Waals surface area (Å²) in [7, 11) is 0. The third-order valence-electron chi connectivity index (χ3n) is 5.54. The van der Waals surface area contributed by atoms with Crippen LogP contribution in [0, 0.1) is 11.6 Å². The van der Waals surface area contributed by atoms with Crippen molar-refractivity contribution in [2.45, 2.75) is 12.5 Å². The van der Waals surface area contributed by atoms with Crippen molar-refractivity contribution in [3.05, 3.63) is 114 Å². The fraction of sp³-hybridized carbons (Fsp3) is 0.0714. The van der Waals surface area contributed by atoms with E-state index in [1.165, 1.54) is 18.2 Å². The highest BCUT2D eigenvalue weighted by molar-refractivity contribution is 6.00. The zero-order chi connectivity index (χ0) is 24.9. The fourth-order valence-corrected chi connectivity index (χ4v) is 3.75. The Bertz CT molecular complexity index is 1350. The number of phenols is 1. The Morgan fingerprint density at radius 3 is 1.97 bits per heavy atom. The smallest absolute Gasteiger partial charge is 0.326 e. The van der Waals surface area contributed by atoms with Crippen molar-refractivity contribution < 1.29 is 28.6 Å². The van der Waals surface area contributed by atoms with Gasteiger partial charge in [-0.1, -0.05) is 60.7 Å². The summed E-state index contributed by atoms with van der Waals surface area (Å²) in [4.78, 5) is 24.7. The van der Waals surface area contributed by atoms with Crippen LogP contribution in [0.4, 0.5) is 8.78 Å². The van der Waals surface area contributed by atoms with Gasteiger partial charge in [0.2, 0.25) is 0 Å². The second-order valence-electron chi connectivity index (χ2n) is 8.02. The summed E-state index contributed by atoms with van der Waals surface area (Å²) in [6, 6.07) is 22.6. The molecule has 0 radical (unpaired) electrons. The second-order valence-corrected chi connectivity index (χ2v) is 8.02. The van der Waals surface area contributed by atoms with Gasteiger partial charge in [-0.25, -0.2) is 13.6 Å². The molecule has 1 atom stereocenters. The Hall–Kier alpha value is -4.52. The van der Waals surface area contributed by atoms with Crippen LogP contribution in [0.1, 0.15) is 15.9 Å². The molecule has 3 N–H and O–H groups in total. The van der Waals surface area contributed by atoms with E-state index in [1.807, 2.05) is 42.5 Å². The van der Waals surface area contributed by atoms with Gasteiger partial charge in [-0.3, -0.25) is 4.79 Å². The first kappa shape index (κ1) is 23.6. The summed E-state index contributed by atoms with van der Waals surface area (Å²) in [5.74, 6) is -4.03. The molecule has 0 aliphatic rings. The summed E-state index contributed by atoms with van der Waals surface area (Å²) >= 11 is 0. The normalized spacial score (nSPS) is 11.6. The number of halogens is 2. The molecule has 1 unspecified atom stereocenters. The van der Waals surface area contributed by atoms with Crippen molar-refractivity contribution in [3.63, 3.8) is 0 Å². The summed E-state index contributed by atoms with van der Waals surface area (Å²) < 4.78 is 27.2. The molecule has 0 aliphatic carbocycles. The van der Waals surface area contributed by atoms with Gasteiger partial charge in [0.15, 0.2) is 0 Å². The number of carboxylic acid groups (broad SMARTS) is 1. The van der Waals surface area contributed by atoms with E-state index >= 15 is 0 Å². The lowest BCUT2D eigenvalue weighted by Gasteiger charge is -2.16. The zero-order valence-electron chi connectivity index (χ0n) is 18.4. The minimum Gasteiger partial charge on any atom is -0.507 e. The predicted molar refractivity (Wildman–Crippen MR) is 128 cm³/mol. The van der Waals surface area contributed by atoms with Crippen LogP contribution in [0.25, 0.3) is 22.3 Å². The number of carbonyl (C=O) groups excluding carboxylic acids is 1. The zero-order valence-corrected chi connectivity index (χ0v) is 18.4. The molecule has 5 nitrogen and oxygen atoms in total. The molecule has 0 saturated carbocycles. The number of hydrogen-bond acceptors (Lipinski definition) is 3. The van der Waals surface area contributed by atoms with Crippen molar-refractivity contribution in [2.24, 2.45) is 0 Å². The van der Waals surface area contributed by atoms with E-state index in [4.69, 9.17) is 0 Å². The molecule has 0 fully saturated rings. The van der Waals surface area contributed by atoms with Crippen LogP contribution >= 0.6 is 0 Å². The number of aromatic hydroxyl groups is 1. The highest BCUT2D eigenvalue weighted by Gasteiger charge is 2.23. The lowest BCUT2D eigenvalue weighted by Crippen LogP contribution is -2.42. The molecule has 0 aromatic heterocycles. The number of aliphatic carboxylic acids is 1. The molecule has 176 valence electrons. The van der Waals surface area contributed by atoms with Crippen LogP contribution in [0.5, 0.6) is 5.75 Å². The Morgan fingerprint density at radius 1 is 0.743 bits per heavy atom. The van der Waals surface area contributed by atoms with E-state index in [-0.39, 0.29) is 28.9 Å². The summed E-state index contributed by atoms with van der Waals surface area (Å²) in [5.41, 5.74) is 2.94. The highest BCUT2D eigenvalue weighted by Crippen LogP contribution is 2.27. The largest absolute Gasteiger partial charge is 0.507 e. The minimum atomic E-state index is -1.26. The number of amides is 1. The lowest BCUT2D eigenvalue weighted by atomic mass is 9.99. The van der Waals surface area contributed by atoms with Crippen LogP contribution in [-0.2, 0) is 11.2 Å². The molecule has 0 heterocycles. The van der Waals surface area contributed by atoms with Crippen LogP contribution in [0.2, 0.25) is 0 Å². The first-order valence-electron chi connectivity index (χ1n) is 10.8. The molecular weight excluding hydrogens is 452 g/mol. The molecule has 4 aromatic rings. The maximum Gasteiger partial charge on any atom is 0.326 e. The van der Waals surface area contributed by atoms with E-state index in [0.29, 0.717) is 5.56 Å². The van der Waals surface area contributed by atoms with Crippen LogP contribution < -0.4 is 5.32 Å². The van der Waals surface area contributed by atoms with Crippen molar-refractivity contribution in [1.29, 1.82) is 0 Å². The first-order chi connectivity index (χ1) is 16.8. The maximum absolute atomic E-state index is 13.6. The average Bonchev–Trinajstić information content (AvgIpc) is 2.84. The first-order valence-corrected chi connectivity index (χ1v) is 10.8. The molecular formula is C28H21F2NO4. The van der Waals surface area contributed by atoms with Crippen LogP contribution in [-0.4, -0.2) is 28.1 Å². The molecule has 35 heavy (non-hydrogen) atoms. The Labute approximate surface area is 200 Å². The third-order valence-corrected chi connectivity index (χ3v) is 5.54. The van der Waals surface area contributed by atoms with E-state index in [1.54, 1.807) is 12.1 Å². The number of hydrogen-bond donors (Lipinski definition) is 3. The van der Waals surface area contributed by atoms with Crippen molar-refractivity contribution in [3.8, 4) is 28.0 Å². The molecule has 7 heteroatoms. The third kappa shape index (κ3) is 5.70. The van der Waals surface area contributed by atoms with Gasteiger partial charge >= 0.3 is 5.97 Å². The molecule has 0 spiro atoms. The highest BCUT2D eigenvalue weighted by atomic mass is 19.1. The number of carbonyl (C=O) groups is 2. The lowest BCUT2D eigenvalue weighted by molar-refractivity contribution is -0.139. The minimum absolute atomic E-state index is 0.0195. The Balaban J connectivity index is 1.52. The number of benzene rings is 4. The SMILES string of the molecule is O=C(NC(Cc1ccc(-c2ccccc2)cc1)C(=O)O)c1cc(-c2cc(F)cc(F)c2)ccc1O. The number of rotatable bonds is 7. The molecule has 4 rings (SSSR count). The topological polar surface area (TPSA) is 86.6 Å². The average molecular weight is 473 g/mol. The van der Waals surface area contributed by atoms with E-state index in [9.17, 15) is 28.6 Å². The fourth-order valence-electron chi connectivity index (χ4n) is 3.75. The molecule has 0 saturated heterocycles. The van der Waals surface area contributed by atoms with Gasteiger partial charge in [0.05, 0.1) is 5.56 Å². The van der Waals surface area contributed by atoms with Gasteiger partial charge in [-0.05, 0) is 52.1 Å². The van der Waals surface area contributed by atoms with Gasteiger partial charge in [-0.2, -0.15) is 0 Å². The molecule has 4 aromatic carbocycles. The summed E-state index contributed by atoms with van der Waals surface area (Å²) in [5, 5.41) is 22.3. The van der Waals surface area contributed by atoms with Gasteiger partial charge in [0.1, 0.15) is 23.4 Å². The quantitative estimate of drug-likeness (QED) is 0.334. The molecule has 0 aliphatic heterocycles. The summed E-state index contributed by atoms with van der Waals surface area (Å²) in [6.07, 6.45) is 0.0195. The van der Waals surface area contributed by atoms with Gasteiger partial charge < -0.3 is 15.5 Å². The van der Waals surface area contributed by atoms with Crippen molar-refractivity contribution >= 4 is 11.9 Å². The van der Waals surface area contributed by atoms with E-state index in [0.717, 1.165) is 29.3 Å². The van der Waals surface area contributed by atoms with Gasteiger partial charge in [0.25, 0.3) is 5.91 Å². The number of phenolic OH excluding ortho intramolecular Hbond substituents is 1. The standard InChI is InChI=1S/C28H21F2NO4/c29-22-13-21(14-23(30)16-22)20-10-11-26(32)24(15-20)27(33)31-25(28(34)35)12-17-6-8-19(9-7-17)18-4-2-1-3-5-18/h1-11,13-16,25,32H,12H2,(H,31,33)(H,34,35). The number of nitrogens with one attached hydrogen (secondary N) is 1. The molecule has 0 bridgehead atoms. The molecule has 1 amide bonds. The van der Waals surface area contributed by atoms with Crippen LogP contribution in [0.15, 0.2) is 91.0 Å². The second kappa shape index (κ2) is 10.2. The van der Waals surface area contributed by atoms with Crippen molar-refractivity contribution in [1.82, 2.24) is 5.32 Å². The van der Waals surface area contributed by atoms with Gasteiger partial charge in [0, 0.05) is 12.5 Å². The number of carboxylic acids is 1. The van der Waals surface area contributed by atoms with E-state index < -0.39 is 29.6 Å². The van der Waals surface area contributed by atoms with Crippen molar-refractivity contribution in [2.75, 3.05) is 0 Å². The predicted octanol–water partition coefficient (Wildman–Crippen LogP) is 5.43. The summed E-state index contributed by atoms with van der Waals surface area (Å²) in [6.45, 7) is 0. The monoisotopic (exact) mass is 473 g/mol. The Kier molecular flexibility index (Phi) is 6.87. The Morgan fingerprint density at radius 2 is 1.34 bits per heavy atom. The van der Waals surface area contributed by atoms with E-state index in [2.05, 4.69) is 5.32 Å². The maximum atomic E-state index is 13.6. The van der Waals surface area contributed by atoms with Gasteiger partial charge in [-0.15, -0.1) is 0 Å².